The van der Waals surface area contributed by atoms with Gasteiger partial charge in [0.05, 0.1) is 4.90 Å². The third kappa shape index (κ3) is 4.63. The van der Waals surface area contributed by atoms with Crippen LogP contribution in [0.4, 0.5) is 0 Å². The summed E-state index contributed by atoms with van der Waals surface area (Å²) in [6.45, 7) is 2.39. The standard InChI is InChI=1S/C14H17NO2S3/c1-12-4-6-14(7-5-12)20(16,17)15-8-10-18-11-13-3-2-9-19-13/h2-7,9,15H,8,10-11H2,1H3. The van der Waals surface area contributed by atoms with Crippen LogP contribution in [0.5, 0.6) is 0 Å². The number of nitrogens with one attached hydrogen (secondary N) is 1. The topological polar surface area (TPSA) is 46.2 Å². The van der Waals surface area contributed by atoms with E-state index in [-0.39, 0.29) is 0 Å². The second-order valence-electron chi connectivity index (χ2n) is 4.34. The van der Waals surface area contributed by atoms with Gasteiger partial charge in [-0.15, -0.1) is 11.3 Å². The Kier molecular flexibility index (Phi) is 5.65. The lowest BCUT2D eigenvalue weighted by atomic mass is 10.2. The Hall–Kier alpha value is -0.820. The zero-order chi connectivity index (χ0) is 14.4. The summed E-state index contributed by atoms with van der Waals surface area (Å²) in [6, 6.07) is 11.0. The molecule has 0 fully saturated rings. The molecule has 1 aromatic heterocycles. The average molecular weight is 327 g/mol. The number of thioether (sulfide) groups is 1. The lowest BCUT2D eigenvalue weighted by Crippen LogP contribution is -2.26. The molecule has 0 radical (unpaired) electrons. The van der Waals surface area contributed by atoms with Crippen LogP contribution in [0.2, 0.25) is 0 Å². The number of aryl methyl sites for hydroxylation is 1. The Morgan fingerprint density at radius 3 is 2.60 bits per heavy atom. The Bertz CT molecular complexity index is 619. The molecule has 0 amide bonds. The van der Waals surface area contributed by atoms with Crippen molar-refractivity contribution in [2.24, 2.45) is 0 Å². The quantitative estimate of drug-likeness (QED) is 0.794. The Balaban J connectivity index is 1.76. The van der Waals surface area contributed by atoms with E-state index in [1.54, 1.807) is 47.4 Å². The van der Waals surface area contributed by atoms with Crippen molar-refractivity contribution in [1.29, 1.82) is 0 Å². The van der Waals surface area contributed by atoms with Gasteiger partial charge in [-0.3, -0.25) is 0 Å². The van der Waals surface area contributed by atoms with Crippen LogP contribution in [0.15, 0.2) is 46.7 Å². The number of rotatable bonds is 7. The van der Waals surface area contributed by atoms with Crippen molar-refractivity contribution >= 4 is 33.1 Å². The number of hydrogen-bond donors (Lipinski definition) is 1. The average Bonchev–Trinajstić information content (AvgIpc) is 2.92. The normalized spacial score (nSPS) is 11.7. The first-order chi connectivity index (χ1) is 9.58. The predicted octanol–water partition coefficient (Wildman–Crippen LogP) is 3.27. The van der Waals surface area contributed by atoms with E-state index in [0.29, 0.717) is 11.4 Å². The number of benzene rings is 1. The highest BCUT2D eigenvalue weighted by Gasteiger charge is 2.12. The molecule has 2 aromatic rings. The van der Waals surface area contributed by atoms with Gasteiger partial charge in [0.1, 0.15) is 0 Å². The molecule has 108 valence electrons. The zero-order valence-electron chi connectivity index (χ0n) is 11.2. The van der Waals surface area contributed by atoms with Gasteiger partial charge >= 0.3 is 0 Å². The molecule has 1 N–H and O–H groups in total. The summed E-state index contributed by atoms with van der Waals surface area (Å²) in [6.07, 6.45) is 0. The fraction of sp³-hybridized carbons (Fsp3) is 0.286. The molecule has 1 aromatic carbocycles. The number of hydrogen-bond acceptors (Lipinski definition) is 4. The van der Waals surface area contributed by atoms with Crippen LogP contribution >= 0.6 is 23.1 Å². The van der Waals surface area contributed by atoms with Crippen LogP contribution in [0.3, 0.4) is 0 Å². The summed E-state index contributed by atoms with van der Waals surface area (Å²) >= 11 is 3.46. The lowest BCUT2D eigenvalue weighted by molar-refractivity contribution is 0.584. The van der Waals surface area contributed by atoms with Crippen molar-refractivity contribution in [3.63, 3.8) is 0 Å². The fourth-order valence-corrected chi connectivity index (χ4v) is 4.48. The van der Waals surface area contributed by atoms with Crippen LogP contribution in [0.1, 0.15) is 10.4 Å². The molecule has 0 saturated heterocycles. The van der Waals surface area contributed by atoms with Crippen LogP contribution < -0.4 is 4.72 Å². The third-order valence-electron chi connectivity index (χ3n) is 2.69. The molecule has 0 atom stereocenters. The molecular formula is C14H17NO2S3. The Morgan fingerprint density at radius 1 is 1.20 bits per heavy atom. The number of thiophene rings is 1. The van der Waals surface area contributed by atoms with Gasteiger partial charge in [-0.25, -0.2) is 13.1 Å². The molecule has 6 heteroatoms. The maximum absolute atomic E-state index is 12.0. The largest absolute Gasteiger partial charge is 0.240 e. The fourth-order valence-electron chi connectivity index (χ4n) is 1.62. The summed E-state index contributed by atoms with van der Waals surface area (Å²) in [5.74, 6) is 1.70. The zero-order valence-corrected chi connectivity index (χ0v) is 13.7. The lowest BCUT2D eigenvalue weighted by Gasteiger charge is -2.06. The molecule has 0 aliphatic carbocycles. The Labute approximate surface area is 128 Å². The van der Waals surface area contributed by atoms with Crippen molar-refractivity contribution in [2.45, 2.75) is 17.6 Å². The predicted molar refractivity (Wildman–Crippen MR) is 86.8 cm³/mol. The van der Waals surface area contributed by atoms with Crippen molar-refractivity contribution in [1.82, 2.24) is 4.72 Å². The first-order valence-electron chi connectivity index (χ1n) is 6.24. The van der Waals surface area contributed by atoms with E-state index in [1.807, 2.05) is 13.0 Å². The summed E-state index contributed by atoms with van der Waals surface area (Å²) in [4.78, 5) is 1.64. The van der Waals surface area contributed by atoms with Gasteiger partial charge in [0.2, 0.25) is 10.0 Å². The van der Waals surface area contributed by atoms with E-state index in [4.69, 9.17) is 0 Å². The molecule has 0 saturated carbocycles. The smallest absolute Gasteiger partial charge is 0.210 e. The van der Waals surface area contributed by atoms with Gasteiger partial charge in [-0.05, 0) is 30.5 Å². The van der Waals surface area contributed by atoms with Crippen LogP contribution in [-0.2, 0) is 15.8 Å². The third-order valence-corrected chi connectivity index (χ3v) is 6.24. The van der Waals surface area contributed by atoms with Gasteiger partial charge < -0.3 is 0 Å². The molecule has 2 rings (SSSR count). The van der Waals surface area contributed by atoms with Gasteiger partial charge in [0, 0.05) is 22.9 Å². The second-order valence-corrected chi connectivity index (χ2v) is 8.25. The Morgan fingerprint density at radius 2 is 1.95 bits per heavy atom. The van der Waals surface area contributed by atoms with Crippen molar-refractivity contribution in [3.05, 3.63) is 52.2 Å². The van der Waals surface area contributed by atoms with Gasteiger partial charge in [-0.2, -0.15) is 11.8 Å². The molecule has 0 bridgehead atoms. The summed E-state index contributed by atoms with van der Waals surface area (Å²) in [7, 11) is -3.37. The van der Waals surface area contributed by atoms with Crippen molar-refractivity contribution in [3.8, 4) is 0 Å². The van der Waals surface area contributed by atoms with Crippen LogP contribution in [0.25, 0.3) is 0 Å². The van der Waals surface area contributed by atoms with Crippen LogP contribution in [-0.4, -0.2) is 20.7 Å². The molecule has 1 heterocycles. The minimum Gasteiger partial charge on any atom is -0.210 e. The maximum Gasteiger partial charge on any atom is 0.240 e. The molecule has 3 nitrogen and oxygen atoms in total. The monoisotopic (exact) mass is 327 g/mol. The number of sulfonamides is 1. The summed E-state index contributed by atoms with van der Waals surface area (Å²) in [5, 5.41) is 2.05. The first kappa shape index (κ1) is 15.6. The SMILES string of the molecule is Cc1ccc(S(=O)(=O)NCCSCc2cccs2)cc1. The highest BCUT2D eigenvalue weighted by atomic mass is 32.2. The molecule has 0 unspecified atom stereocenters. The molecule has 0 aliphatic rings. The molecule has 0 aliphatic heterocycles. The van der Waals surface area contributed by atoms with E-state index < -0.39 is 10.0 Å². The highest BCUT2D eigenvalue weighted by Crippen LogP contribution is 2.16. The van der Waals surface area contributed by atoms with E-state index in [0.717, 1.165) is 17.1 Å². The van der Waals surface area contributed by atoms with E-state index in [9.17, 15) is 8.42 Å². The second kappa shape index (κ2) is 7.26. The van der Waals surface area contributed by atoms with Crippen molar-refractivity contribution in [2.75, 3.05) is 12.3 Å². The van der Waals surface area contributed by atoms with E-state index >= 15 is 0 Å². The molecular weight excluding hydrogens is 310 g/mol. The maximum atomic E-state index is 12.0. The molecule has 20 heavy (non-hydrogen) atoms. The minimum absolute atomic E-state index is 0.325. The van der Waals surface area contributed by atoms with Gasteiger partial charge in [0.25, 0.3) is 0 Å². The van der Waals surface area contributed by atoms with E-state index in [2.05, 4.69) is 16.2 Å². The summed E-state index contributed by atoms with van der Waals surface area (Å²) in [5.41, 5.74) is 1.05. The van der Waals surface area contributed by atoms with Gasteiger partial charge in [0.15, 0.2) is 0 Å². The minimum atomic E-state index is -3.37. The highest BCUT2D eigenvalue weighted by molar-refractivity contribution is 7.98. The van der Waals surface area contributed by atoms with Gasteiger partial charge in [-0.1, -0.05) is 23.8 Å². The van der Waals surface area contributed by atoms with E-state index in [1.165, 1.54) is 4.88 Å². The van der Waals surface area contributed by atoms with Crippen LogP contribution in [0, 0.1) is 6.92 Å². The summed E-state index contributed by atoms with van der Waals surface area (Å²) < 4.78 is 26.7. The van der Waals surface area contributed by atoms with Crippen molar-refractivity contribution < 1.29 is 8.42 Å². The first-order valence-corrected chi connectivity index (χ1v) is 9.76. The molecule has 0 spiro atoms.